The number of carbonyl (C=O) groups is 1. The van der Waals surface area contributed by atoms with Gasteiger partial charge in [-0.25, -0.2) is 32.2 Å². The molecular weight excluding hydrogens is 922 g/mol. The predicted molar refractivity (Wildman–Crippen MR) is 188 cm³/mol. The highest BCUT2D eigenvalue weighted by Gasteiger charge is 2.50. The summed E-state index contributed by atoms with van der Waals surface area (Å²) in [6.45, 7) is 0.319. The number of ether oxygens (including phenoxy) is 2. The minimum absolute atomic E-state index is 0.0520. The van der Waals surface area contributed by atoms with Crippen molar-refractivity contribution in [2.45, 2.75) is 63.9 Å². The van der Waals surface area contributed by atoms with Gasteiger partial charge >= 0.3 is 52.6 Å². The molecule has 1 fully saturated rings. The van der Waals surface area contributed by atoms with Crippen LogP contribution < -0.4 is 16.6 Å². The summed E-state index contributed by atoms with van der Waals surface area (Å²) in [5.41, 5.74) is 6.58. The van der Waals surface area contributed by atoms with E-state index in [9.17, 15) is 76.2 Å². The smallest absolute Gasteiger partial charge is 0.390 e. The van der Waals surface area contributed by atoms with Gasteiger partial charge in [0, 0.05) is 42.6 Å². The number of H-pyrrole nitrogens is 1. The zero-order chi connectivity index (χ0) is 44.0. The second-order valence-corrected chi connectivity index (χ2v) is 20.7. The van der Waals surface area contributed by atoms with Gasteiger partial charge in [0.2, 0.25) is 5.91 Å². The van der Waals surface area contributed by atoms with Crippen LogP contribution >= 0.6 is 46.9 Å². The number of aliphatic hydroxyl groups excluding tert-OH is 1. The van der Waals surface area contributed by atoms with E-state index < -0.39 is 89.8 Å². The number of hydrogen-bond acceptors (Lipinski definition) is 20. The lowest BCUT2D eigenvalue weighted by atomic mass is 10.2. The number of aryl methyl sites for hydroxylation is 1. The van der Waals surface area contributed by atoms with Crippen LogP contribution in [0.15, 0.2) is 20.9 Å². The van der Waals surface area contributed by atoms with Gasteiger partial charge in [-0.3, -0.25) is 28.2 Å². The summed E-state index contributed by atoms with van der Waals surface area (Å²) in [5, 5.41) is 16.1. The summed E-state index contributed by atoms with van der Waals surface area (Å²) in [4.78, 5) is 98.0. The maximum absolute atomic E-state index is 12.3. The number of unbranched alkanes of at least 4 members (excludes halogenated alkanes) is 3. The van der Waals surface area contributed by atoms with Crippen LogP contribution in [0.1, 0.15) is 50.3 Å². The van der Waals surface area contributed by atoms with E-state index in [-0.39, 0.29) is 57.0 Å². The molecule has 334 valence electrons. The first kappa shape index (κ1) is 52.3. The Morgan fingerprint density at radius 3 is 1.97 bits per heavy atom. The average molecular weight is 962 g/mol. The number of hydrogen-bond donors (Lipinski definition) is 9. The average Bonchev–Trinajstić information content (AvgIpc) is 3.41. The Bertz CT molecular complexity index is 2020. The van der Waals surface area contributed by atoms with E-state index in [1.165, 1.54) is 6.92 Å². The van der Waals surface area contributed by atoms with Crippen molar-refractivity contribution in [2.24, 2.45) is 5.11 Å². The van der Waals surface area contributed by atoms with Crippen molar-refractivity contribution >= 4 is 52.8 Å². The monoisotopic (exact) mass is 962 g/mol. The lowest BCUT2D eigenvalue weighted by Gasteiger charge is -2.21. The number of phosphoric acid groups is 6. The molecule has 1 saturated heterocycles. The molecular formula is C21H40N6O25P6. The molecule has 0 saturated carbocycles. The number of nitrogens with zero attached hydrogens (tertiary/aromatic N) is 4. The molecule has 9 N–H and O–H groups in total. The van der Waals surface area contributed by atoms with Crippen molar-refractivity contribution in [2.75, 3.05) is 39.5 Å². The fourth-order valence-corrected chi connectivity index (χ4v) is 12.1. The maximum Gasteiger partial charge on any atom is 0.490 e. The Labute approximate surface area is 325 Å². The quantitative estimate of drug-likeness (QED) is 0.0189. The largest absolute Gasteiger partial charge is 0.490 e. The molecule has 9 atom stereocenters. The fourth-order valence-electron chi connectivity index (χ4n) is 4.26. The van der Waals surface area contributed by atoms with Gasteiger partial charge in [-0.05, 0) is 25.3 Å². The molecule has 7 unspecified atom stereocenters. The first-order valence-corrected chi connectivity index (χ1v) is 25.0. The van der Waals surface area contributed by atoms with Crippen LogP contribution in [-0.2, 0) is 72.3 Å². The molecule has 0 spiro atoms. The molecule has 31 nitrogen and oxygen atoms in total. The number of aromatic amines is 1. The van der Waals surface area contributed by atoms with Crippen LogP contribution in [0, 0.1) is 6.92 Å². The summed E-state index contributed by atoms with van der Waals surface area (Å²) in [5.74, 6) is -0.304. The van der Waals surface area contributed by atoms with E-state index in [0.717, 1.165) is 10.8 Å². The lowest BCUT2D eigenvalue weighted by molar-refractivity contribution is -0.122. The zero-order valence-corrected chi connectivity index (χ0v) is 35.1. The Morgan fingerprint density at radius 2 is 1.40 bits per heavy atom. The summed E-state index contributed by atoms with van der Waals surface area (Å²) in [7, 11) is -36.9. The third-order valence-corrected chi connectivity index (χ3v) is 15.9. The van der Waals surface area contributed by atoms with Crippen molar-refractivity contribution in [3.63, 3.8) is 0 Å². The van der Waals surface area contributed by atoms with Crippen LogP contribution in [0.2, 0.25) is 0 Å². The fraction of sp³-hybridized carbons (Fsp3) is 0.762. The summed E-state index contributed by atoms with van der Waals surface area (Å²) < 4.78 is 111. The van der Waals surface area contributed by atoms with E-state index in [1.54, 1.807) is 0 Å². The highest BCUT2D eigenvalue weighted by Crippen LogP contribution is 2.75. The number of phosphoric ester groups is 2. The number of amides is 1. The van der Waals surface area contributed by atoms with Crippen molar-refractivity contribution in [3.8, 4) is 0 Å². The molecule has 2 rings (SSSR count). The van der Waals surface area contributed by atoms with Crippen molar-refractivity contribution in [3.05, 3.63) is 43.0 Å². The topological polar surface area (TPSA) is 460 Å². The number of aromatic nitrogens is 2. The zero-order valence-electron chi connectivity index (χ0n) is 29.7. The van der Waals surface area contributed by atoms with Gasteiger partial charge in [-0.1, -0.05) is 18.0 Å². The minimum Gasteiger partial charge on any atom is -0.390 e. The minimum atomic E-state index is -6.49. The number of nitrogens with one attached hydrogen (secondary N) is 2. The van der Waals surface area contributed by atoms with Crippen LogP contribution in [0.5, 0.6) is 0 Å². The normalized spacial score (nSPS) is 23.2. The third kappa shape index (κ3) is 20.6. The highest BCUT2D eigenvalue weighted by molar-refractivity contribution is 7.72. The second kappa shape index (κ2) is 22.9. The number of rotatable bonds is 28. The molecule has 2 heterocycles. The highest BCUT2D eigenvalue weighted by atomic mass is 31.3. The van der Waals surface area contributed by atoms with Crippen LogP contribution in [0.25, 0.3) is 10.4 Å². The Morgan fingerprint density at radius 1 is 0.862 bits per heavy atom. The predicted octanol–water partition coefficient (Wildman–Crippen LogP) is 1.61. The standard InChI is InChI=1S/C21H40N6O25P6/c1-15-13-27(21(31)25-20(15)30)19-12-16(28)17(47-19)14-46-54(34,35)49-56(38,39)51-58(42,43)52-57(40,41)50-55(36,37)48-53(32,33)45-9-5-3-2-4-7-23-18(29)6-10-44-11-8-24-26-22/h13,16-17,19,28H,2-12,14H2,1H3,(H,23,29)(H,32,33)(H,34,35)(H,36,37)(H,38,39)(H,40,41)(H,42,43)(H,25,30,31)/t16?,17-,19-/m1/s1. The third-order valence-electron chi connectivity index (χ3n) is 6.61. The van der Waals surface area contributed by atoms with Gasteiger partial charge in [0.05, 0.1) is 32.5 Å². The van der Waals surface area contributed by atoms with Crippen molar-refractivity contribution in [1.29, 1.82) is 0 Å². The maximum atomic E-state index is 12.3. The van der Waals surface area contributed by atoms with Crippen LogP contribution in [0.4, 0.5) is 0 Å². The summed E-state index contributed by atoms with van der Waals surface area (Å²) in [6, 6.07) is 0. The van der Waals surface area contributed by atoms with Gasteiger partial charge in [-0.15, -0.1) is 0 Å². The van der Waals surface area contributed by atoms with Crippen LogP contribution in [0.3, 0.4) is 0 Å². The first-order chi connectivity index (χ1) is 26.7. The molecule has 0 aromatic carbocycles. The van der Waals surface area contributed by atoms with Gasteiger partial charge in [0.25, 0.3) is 5.56 Å². The Hall–Kier alpha value is -1.80. The number of azide groups is 1. The van der Waals surface area contributed by atoms with Gasteiger partial charge in [0.15, 0.2) is 0 Å². The van der Waals surface area contributed by atoms with E-state index in [2.05, 4.69) is 45.9 Å². The number of aliphatic hydroxyl groups is 1. The van der Waals surface area contributed by atoms with E-state index in [0.29, 0.717) is 19.3 Å². The van der Waals surface area contributed by atoms with Crippen LogP contribution in [-0.4, -0.2) is 102 Å². The lowest BCUT2D eigenvalue weighted by Crippen LogP contribution is -2.33. The SMILES string of the molecule is Cc1cn([C@H]2CC(O)[C@@H](COP(=O)(O)OP(=O)(O)OP(=O)(O)OP(=O)(O)OP(=O)(O)OP(=O)(O)OCCCCCCNC(=O)CCOCCN=[N+]=[N-])O2)c(=O)[nH]c1=O. The molecule has 0 radical (unpaired) electrons. The van der Waals surface area contributed by atoms with E-state index in [4.69, 9.17) is 15.0 Å². The van der Waals surface area contributed by atoms with E-state index >= 15 is 0 Å². The Balaban J connectivity index is 1.78. The molecule has 1 aromatic rings. The second-order valence-electron chi connectivity index (χ2n) is 11.3. The van der Waals surface area contributed by atoms with Gasteiger partial charge < -0.3 is 49.3 Å². The first-order valence-electron chi connectivity index (χ1n) is 16.0. The van der Waals surface area contributed by atoms with Gasteiger partial charge in [0.1, 0.15) is 12.3 Å². The summed E-state index contributed by atoms with van der Waals surface area (Å²) in [6.07, 6.45) is -2.09. The molecule has 1 aliphatic rings. The number of carbonyl (C=O) groups excluding carboxylic acids is 1. The molecule has 37 heteroatoms. The summed E-state index contributed by atoms with van der Waals surface area (Å²) >= 11 is 0. The molecule has 0 aliphatic carbocycles. The molecule has 58 heavy (non-hydrogen) atoms. The Kier molecular flexibility index (Phi) is 20.6. The molecule has 1 aromatic heterocycles. The van der Waals surface area contributed by atoms with E-state index in [1.807, 2.05) is 4.98 Å². The van der Waals surface area contributed by atoms with Gasteiger partial charge in [-0.2, -0.15) is 21.6 Å². The molecule has 0 bridgehead atoms. The molecule has 1 aliphatic heterocycles. The molecule has 1 amide bonds. The van der Waals surface area contributed by atoms with Crippen molar-refractivity contribution < 1.29 is 107 Å². The van der Waals surface area contributed by atoms with Crippen molar-refractivity contribution in [1.82, 2.24) is 14.9 Å².